The summed E-state index contributed by atoms with van der Waals surface area (Å²) in [6.07, 6.45) is 1.71. The summed E-state index contributed by atoms with van der Waals surface area (Å²) in [5, 5.41) is 5.18. The lowest BCUT2D eigenvalue weighted by Gasteiger charge is -2.08. The second-order valence-electron chi connectivity index (χ2n) is 7.96. The minimum atomic E-state index is -3.84. The molecule has 0 spiro atoms. The van der Waals surface area contributed by atoms with E-state index < -0.39 is 27.1 Å². The number of fused-ring (bicyclic) bond motifs is 3. The van der Waals surface area contributed by atoms with Crippen molar-refractivity contribution in [3.8, 4) is 5.69 Å². The molecule has 0 aliphatic carbocycles. The van der Waals surface area contributed by atoms with E-state index in [2.05, 4.69) is 4.98 Å². The normalized spacial score (nSPS) is 12.1. The molecule has 0 aliphatic rings. The van der Waals surface area contributed by atoms with Crippen LogP contribution in [0.1, 0.15) is 11.3 Å². The zero-order valence-electron chi connectivity index (χ0n) is 18.1. The van der Waals surface area contributed by atoms with Crippen molar-refractivity contribution < 1.29 is 12.8 Å². The average Bonchev–Trinajstić information content (AvgIpc) is 3.30. The molecule has 0 saturated carbocycles. The largest absolute Gasteiger partial charge is 0.332 e. The van der Waals surface area contributed by atoms with E-state index in [1.54, 1.807) is 27.3 Å². The van der Waals surface area contributed by atoms with Crippen molar-refractivity contribution >= 4 is 27.0 Å². The summed E-state index contributed by atoms with van der Waals surface area (Å²) in [5.41, 5.74) is 1.26. The van der Waals surface area contributed by atoms with Gasteiger partial charge in [0.25, 0.3) is 5.56 Å². The van der Waals surface area contributed by atoms with Crippen LogP contribution < -0.4 is 16.4 Å². The van der Waals surface area contributed by atoms with Gasteiger partial charge >= 0.3 is 5.69 Å². The number of nitrogens with two attached hydrogens (primary N) is 1. The first kappa shape index (κ1) is 21.8. The molecule has 5 rings (SSSR count). The smallest absolute Gasteiger partial charge is 0.283 e. The lowest BCUT2D eigenvalue weighted by molar-refractivity contribution is 0.598. The third-order valence-corrected chi connectivity index (χ3v) is 6.63. The average molecular weight is 482 g/mol. The summed E-state index contributed by atoms with van der Waals surface area (Å²) in [5.74, 6) is -0.0339. The third-order valence-electron chi connectivity index (χ3n) is 5.70. The zero-order chi connectivity index (χ0) is 24.4. The molecule has 0 bridgehead atoms. The van der Waals surface area contributed by atoms with Gasteiger partial charge in [-0.05, 0) is 48.9 Å². The van der Waals surface area contributed by atoms with Crippen LogP contribution in [0.4, 0.5) is 4.39 Å². The number of rotatable bonds is 4. The Kier molecular flexibility index (Phi) is 4.81. The molecule has 0 aliphatic heterocycles. The van der Waals surface area contributed by atoms with Gasteiger partial charge in [-0.3, -0.25) is 22.9 Å². The van der Waals surface area contributed by atoms with Crippen molar-refractivity contribution in [2.75, 3.05) is 0 Å². The Bertz CT molecular complexity index is 1810. The monoisotopic (exact) mass is 482 g/mol. The summed E-state index contributed by atoms with van der Waals surface area (Å²) in [6.45, 7) is 1.79. The van der Waals surface area contributed by atoms with Gasteiger partial charge in [-0.2, -0.15) is 4.98 Å². The summed E-state index contributed by atoms with van der Waals surface area (Å²) < 4.78 is 42.1. The van der Waals surface area contributed by atoms with Crippen molar-refractivity contribution in [3.05, 3.63) is 92.6 Å². The number of hydrogen-bond acceptors (Lipinski definition) is 5. The number of halogens is 1. The number of nitrogens with zero attached hydrogens (tertiary/aromatic N) is 5. The van der Waals surface area contributed by atoms with Gasteiger partial charge in [0.2, 0.25) is 15.8 Å². The van der Waals surface area contributed by atoms with Gasteiger partial charge in [-0.1, -0.05) is 12.1 Å². The maximum absolute atomic E-state index is 13.4. The fraction of sp³-hybridized carbons (Fsp3) is 0.136. The van der Waals surface area contributed by atoms with E-state index in [0.717, 1.165) is 10.3 Å². The molecule has 0 amide bonds. The molecule has 2 N–H and O–H groups in total. The number of hydrogen-bond donors (Lipinski definition) is 1. The number of primary sulfonamides is 1. The summed E-state index contributed by atoms with van der Waals surface area (Å²) in [7, 11) is -2.32. The van der Waals surface area contributed by atoms with Crippen molar-refractivity contribution in [1.82, 2.24) is 23.1 Å². The van der Waals surface area contributed by atoms with Gasteiger partial charge in [0.1, 0.15) is 5.82 Å². The van der Waals surface area contributed by atoms with E-state index in [1.807, 2.05) is 6.92 Å². The van der Waals surface area contributed by atoms with E-state index in [9.17, 15) is 22.4 Å². The standard InChI is InChI=1S/C22H19FN6O4S/c1-13-11-27-18-19(25-21(27)29(13)16-7-9-17(10-8-16)34(24,32)33)26(2)22(31)28(20(18)30)12-14-3-5-15(23)6-4-14/h3-11H,12H2,1-2H3,(H2,24,32,33). The topological polar surface area (TPSA) is 126 Å². The SMILES string of the molecule is Cc1cn2c3c(=O)n(Cc4ccc(F)cc4)c(=O)n(C)c3nc2n1-c1ccc(S(N)(=O)=O)cc1. The van der Waals surface area contributed by atoms with Crippen molar-refractivity contribution in [3.63, 3.8) is 0 Å². The minimum absolute atomic E-state index is 0.0241. The van der Waals surface area contributed by atoms with Gasteiger partial charge in [0, 0.05) is 24.6 Å². The van der Waals surface area contributed by atoms with Crippen LogP contribution in [0, 0.1) is 12.7 Å². The molecule has 0 saturated heterocycles. The first-order chi connectivity index (χ1) is 16.1. The molecule has 3 aromatic heterocycles. The summed E-state index contributed by atoms with van der Waals surface area (Å²) >= 11 is 0. The fourth-order valence-electron chi connectivity index (χ4n) is 4.03. The van der Waals surface area contributed by atoms with Crippen LogP contribution >= 0.6 is 0 Å². The minimum Gasteiger partial charge on any atom is -0.283 e. The van der Waals surface area contributed by atoms with Crippen molar-refractivity contribution in [2.45, 2.75) is 18.4 Å². The molecular weight excluding hydrogens is 463 g/mol. The van der Waals surface area contributed by atoms with Gasteiger partial charge in [-0.15, -0.1) is 0 Å². The van der Waals surface area contributed by atoms with E-state index in [4.69, 9.17) is 5.14 Å². The summed E-state index contributed by atoms with van der Waals surface area (Å²) in [4.78, 5) is 30.9. The number of imidazole rings is 2. The van der Waals surface area contributed by atoms with Crippen LogP contribution in [0.25, 0.3) is 22.6 Å². The van der Waals surface area contributed by atoms with Crippen LogP contribution in [0.5, 0.6) is 0 Å². The highest BCUT2D eigenvalue weighted by Crippen LogP contribution is 2.22. The highest BCUT2D eigenvalue weighted by Gasteiger charge is 2.21. The molecule has 0 unspecified atom stereocenters. The molecule has 0 atom stereocenters. The van der Waals surface area contributed by atoms with Crippen molar-refractivity contribution in [2.24, 2.45) is 12.2 Å². The number of aromatic nitrogens is 5. The molecule has 3 heterocycles. The number of benzene rings is 2. The Morgan fingerprint density at radius 1 is 1.03 bits per heavy atom. The van der Waals surface area contributed by atoms with Crippen LogP contribution in [0.15, 0.2) is 69.2 Å². The molecule has 34 heavy (non-hydrogen) atoms. The maximum atomic E-state index is 13.4. The second kappa shape index (κ2) is 7.50. The fourth-order valence-corrected chi connectivity index (χ4v) is 4.54. The Labute approximate surface area is 192 Å². The highest BCUT2D eigenvalue weighted by molar-refractivity contribution is 7.89. The molecule has 0 radical (unpaired) electrons. The van der Waals surface area contributed by atoms with E-state index in [1.165, 1.54) is 48.0 Å². The quantitative estimate of drug-likeness (QED) is 0.413. The van der Waals surface area contributed by atoms with E-state index >= 15 is 0 Å². The number of aryl methyl sites for hydroxylation is 2. The Morgan fingerprint density at radius 2 is 1.68 bits per heavy atom. The van der Waals surface area contributed by atoms with Crippen LogP contribution in [-0.2, 0) is 23.6 Å². The van der Waals surface area contributed by atoms with Gasteiger partial charge in [-0.25, -0.2) is 22.7 Å². The first-order valence-corrected chi connectivity index (χ1v) is 11.7. The van der Waals surface area contributed by atoms with Crippen LogP contribution in [0.3, 0.4) is 0 Å². The molecule has 2 aromatic carbocycles. The van der Waals surface area contributed by atoms with E-state index in [0.29, 0.717) is 17.0 Å². The maximum Gasteiger partial charge on any atom is 0.332 e. The predicted octanol–water partition coefficient (Wildman–Crippen LogP) is 1.28. The van der Waals surface area contributed by atoms with E-state index in [-0.39, 0.29) is 22.6 Å². The van der Waals surface area contributed by atoms with Crippen LogP contribution in [0.2, 0.25) is 0 Å². The predicted molar refractivity (Wildman–Crippen MR) is 123 cm³/mol. The highest BCUT2D eigenvalue weighted by atomic mass is 32.2. The Hall–Kier alpha value is -4.03. The summed E-state index contributed by atoms with van der Waals surface area (Å²) in [6, 6.07) is 11.5. The number of sulfonamides is 1. The van der Waals surface area contributed by atoms with Crippen molar-refractivity contribution in [1.29, 1.82) is 0 Å². The van der Waals surface area contributed by atoms with Crippen LogP contribution in [-0.4, -0.2) is 31.5 Å². The zero-order valence-corrected chi connectivity index (χ0v) is 19.0. The lowest BCUT2D eigenvalue weighted by atomic mass is 10.2. The Balaban J connectivity index is 1.73. The third kappa shape index (κ3) is 3.35. The molecule has 174 valence electrons. The molecule has 5 aromatic rings. The molecular formula is C22H19FN6O4S. The lowest BCUT2D eigenvalue weighted by Crippen LogP contribution is -2.39. The molecule has 10 nitrogen and oxygen atoms in total. The first-order valence-electron chi connectivity index (χ1n) is 10.1. The van der Waals surface area contributed by atoms with Gasteiger partial charge < -0.3 is 0 Å². The second-order valence-corrected chi connectivity index (χ2v) is 9.52. The van der Waals surface area contributed by atoms with Gasteiger partial charge in [0.05, 0.1) is 11.4 Å². The van der Waals surface area contributed by atoms with Gasteiger partial charge in [0.15, 0.2) is 11.2 Å². The molecule has 0 fully saturated rings. The Morgan fingerprint density at radius 3 is 2.29 bits per heavy atom. The molecule has 12 heteroatoms.